The summed E-state index contributed by atoms with van der Waals surface area (Å²) < 4.78 is 0. The average Bonchev–Trinajstić information content (AvgIpc) is 1.72. The minimum Gasteiger partial charge on any atom is -0.276 e. The molecule has 1 aliphatic heterocycles. The molecule has 0 unspecified atom stereocenters. The SMILES string of the molecule is [C]1=CNOCC1. The van der Waals surface area contributed by atoms with E-state index >= 15 is 0 Å². The van der Waals surface area contributed by atoms with Crippen molar-refractivity contribution in [2.24, 2.45) is 0 Å². The third-order valence-electron chi connectivity index (χ3n) is 0.593. The summed E-state index contributed by atoms with van der Waals surface area (Å²) in [7, 11) is 0. The van der Waals surface area contributed by atoms with Gasteiger partial charge in [-0.05, 0) is 6.08 Å². The maximum Gasteiger partial charge on any atom is 0.0786 e. The molecule has 2 heteroatoms. The number of nitrogens with one attached hydrogen (secondary N) is 1. The normalized spacial score (nSPS) is 20.0. The van der Waals surface area contributed by atoms with E-state index in [0.717, 1.165) is 13.0 Å². The van der Waals surface area contributed by atoms with Crippen LogP contribution < -0.4 is 5.48 Å². The van der Waals surface area contributed by atoms with E-state index in [1.807, 2.05) is 0 Å². The van der Waals surface area contributed by atoms with Crippen molar-refractivity contribution in [2.75, 3.05) is 6.61 Å². The summed E-state index contributed by atoms with van der Waals surface area (Å²) in [6, 6.07) is 0. The molecule has 33 valence electrons. The van der Waals surface area contributed by atoms with Crippen molar-refractivity contribution in [3.63, 3.8) is 0 Å². The highest BCUT2D eigenvalue weighted by molar-refractivity contribution is 4.69. The fourth-order valence-electron chi connectivity index (χ4n) is 0.324. The van der Waals surface area contributed by atoms with E-state index in [9.17, 15) is 0 Å². The van der Waals surface area contributed by atoms with Gasteiger partial charge in [0, 0.05) is 12.6 Å². The van der Waals surface area contributed by atoms with Crippen LogP contribution in [0.4, 0.5) is 0 Å². The molecular weight excluding hydrogens is 78.0 g/mol. The summed E-state index contributed by atoms with van der Waals surface area (Å²) in [6.45, 7) is 0.747. The molecule has 0 aromatic carbocycles. The first-order valence-corrected chi connectivity index (χ1v) is 1.92. The lowest BCUT2D eigenvalue weighted by Crippen LogP contribution is -2.11. The summed E-state index contributed by atoms with van der Waals surface area (Å²) >= 11 is 0. The fourth-order valence-corrected chi connectivity index (χ4v) is 0.324. The fraction of sp³-hybridized carbons (Fsp3) is 0.500. The monoisotopic (exact) mass is 84.0 g/mol. The number of hydrogen-bond donors (Lipinski definition) is 1. The topological polar surface area (TPSA) is 21.3 Å². The molecule has 0 aromatic heterocycles. The molecular formula is C4H6NO. The Balaban J connectivity index is 2.26. The van der Waals surface area contributed by atoms with Crippen LogP contribution in [0.5, 0.6) is 0 Å². The van der Waals surface area contributed by atoms with Gasteiger partial charge in [-0.1, -0.05) is 0 Å². The van der Waals surface area contributed by atoms with E-state index in [0.29, 0.717) is 0 Å². The molecule has 1 rings (SSSR count). The highest BCUT2D eigenvalue weighted by Crippen LogP contribution is 1.84. The second-order valence-corrected chi connectivity index (χ2v) is 1.06. The maximum absolute atomic E-state index is 4.70. The van der Waals surface area contributed by atoms with Crippen LogP contribution in [0.25, 0.3) is 0 Å². The zero-order valence-electron chi connectivity index (χ0n) is 3.40. The standard InChI is InChI=1S/C4H6NO/c1-2-4-6-5-3-1/h3,5H,2,4H2. The second kappa shape index (κ2) is 1.82. The summed E-state index contributed by atoms with van der Waals surface area (Å²) in [5.74, 6) is 0. The average molecular weight is 84.1 g/mol. The van der Waals surface area contributed by atoms with Crippen molar-refractivity contribution in [1.82, 2.24) is 5.48 Å². The maximum atomic E-state index is 4.70. The van der Waals surface area contributed by atoms with Crippen molar-refractivity contribution >= 4 is 0 Å². The van der Waals surface area contributed by atoms with Gasteiger partial charge in [0.05, 0.1) is 6.61 Å². The third kappa shape index (κ3) is 0.723. The van der Waals surface area contributed by atoms with Gasteiger partial charge in [0.25, 0.3) is 0 Å². The molecule has 0 spiro atoms. The zero-order valence-corrected chi connectivity index (χ0v) is 3.40. The van der Waals surface area contributed by atoms with Crippen LogP contribution in [-0.2, 0) is 4.84 Å². The van der Waals surface area contributed by atoms with Crippen LogP contribution in [0.3, 0.4) is 0 Å². The molecule has 1 aliphatic rings. The molecule has 0 aliphatic carbocycles. The first-order valence-electron chi connectivity index (χ1n) is 1.92. The molecule has 1 N–H and O–H groups in total. The van der Waals surface area contributed by atoms with E-state index in [1.54, 1.807) is 6.20 Å². The molecule has 0 bridgehead atoms. The van der Waals surface area contributed by atoms with E-state index in [4.69, 9.17) is 4.84 Å². The van der Waals surface area contributed by atoms with Crippen molar-refractivity contribution in [3.8, 4) is 0 Å². The van der Waals surface area contributed by atoms with Crippen molar-refractivity contribution < 1.29 is 4.84 Å². The van der Waals surface area contributed by atoms with Crippen molar-refractivity contribution in [2.45, 2.75) is 6.42 Å². The van der Waals surface area contributed by atoms with Crippen LogP contribution in [0.1, 0.15) is 6.42 Å². The molecule has 2 nitrogen and oxygen atoms in total. The highest BCUT2D eigenvalue weighted by atomic mass is 16.6. The van der Waals surface area contributed by atoms with E-state index in [-0.39, 0.29) is 0 Å². The van der Waals surface area contributed by atoms with Gasteiger partial charge in [0.1, 0.15) is 0 Å². The van der Waals surface area contributed by atoms with E-state index in [2.05, 4.69) is 11.6 Å². The lowest BCUT2D eigenvalue weighted by atomic mass is 10.4. The van der Waals surface area contributed by atoms with Crippen LogP contribution >= 0.6 is 0 Å². The smallest absolute Gasteiger partial charge is 0.0786 e. The van der Waals surface area contributed by atoms with Crippen LogP contribution in [-0.4, -0.2) is 6.61 Å². The molecule has 0 aromatic rings. The van der Waals surface area contributed by atoms with Crippen LogP contribution in [0.2, 0.25) is 0 Å². The predicted molar refractivity (Wildman–Crippen MR) is 21.5 cm³/mol. The minimum absolute atomic E-state index is 0.747. The lowest BCUT2D eigenvalue weighted by molar-refractivity contribution is 0.0638. The van der Waals surface area contributed by atoms with Gasteiger partial charge in [0.15, 0.2) is 0 Å². The summed E-state index contributed by atoms with van der Waals surface area (Å²) in [5, 5.41) is 0. The summed E-state index contributed by atoms with van der Waals surface area (Å²) in [6.07, 6.45) is 5.50. The quantitative estimate of drug-likeness (QED) is 0.453. The Bertz CT molecular complexity index is 52.6. The van der Waals surface area contributed by atoms with Crippen LogP contribution in [0.15, 0.2) is 6.20 Å². The first-order chi connectivity index (χ1) is 3.00. The van der Waals surface area contributed by atoms with Crippen molar-refractivity contribution in [3.05, 3.63) is 12.3 Å². The van der Waals surface area contributed by atoms with Gasteiger partial charge >= 0.3 is 0 Å². The van der Waals surface area contributed by atoms with Gasteiger partial charge in [-0.25, -0.2) is 0 Å². The van der Waals surface area contributed by atoms with Gasteiger partial charge < -0.3 is 0 Å². The van der Waals surface area contributed by atoms with Gasteiger partial charge in [-0.3, -0.25) is 10.3 Å². The molecule has 6 heavy (non-hydrogen) atoms. The summed E-state index contributed by atoms with van der Waals surface area (Å²) in [4.78, 5) is 4.70. The van der Waals surface area contributed by atoms with Gasteiger partial charge in [0.2, 0.25) is 0 Å². The molecule has 1 heterocycles. The summed E-state index contributed by atoms with van der Waals surface area (Å²) in [5.41, 5.74) is 2.55. The Kier molecular flexibility index (Phi) is 1.12. The van der Waals surface area contributed by atoms with E-state index < -0.39 is 0 Å². The van der Waals surface area contributed by atoms with Crippen LogP contribution in [0, 0.1) is 6.08 Å². The molecule has 0 atom stereocenters. The Hall–Kier alpha value is -0.500. The number of hydrogen-bond acceptors (Lipinski definition) is 2. The molecule has 0 fully saturated rings. The Morgan fingerprint density at radius 3 is 3.00 bits per heavy atom. The third-order valence-corrected chi connectivity index (χ3v) is 0.593. The predicted octanol–water partition coefficient (Wildman–Crippen LogP) is 0.228. The molecule has 0 amide bonds. The lowest BCUT2D eigenvalue weighted by Gasteiger charge is -2.02. The molecule has 0 saturated heterocycles. The van der Waals surface area contributed by atoms with Gasteiger partial charge in [-0.2, -0.15) is 0 Å². The van der Waals surface area contributed by atoms with Gasteiger partial charge in [-0.15, -0.1) is 0 Å². The highest BCUT2D eigenvalue weighted by Gasteiger charge is 1.85. The number of hydroxylamine groups is 1. The van der Waals surface area contributed by atoms with Crippen molar-refractivity contribution in [1.29, 1.82) is 0 Å². The van der Waals surface area contributed by atoms with E-state index in [1.165, 1.54) is 0 Å². The Morgan fingerprint density at radius 2 is 2.83 bits per heavy atom. The first kappa shape index (κ1) is 3.68. The Morgan fingerprint density at radius 1 is 1.83 bits per heavy atom. The second-order valence-electron chi connectivity index (χ2n) is 1.06. The largest absolute Gasteiger partial charge is 0.276 e. The number of rotatable bonds is 0. The molecule has 1 radical (unpaired) electrons. The molecule has 0 saturated carbocycles. The zero-order chi connectivity index (χ0) is 4.24. The minimum atomic E-state index is 0.747. The Labute approximate surface area is 36.8 Å².